The van der Waals surface area contributed by atoms with E-state index in [1.165, 1.54) is 6.07 Å². The topological polar surface area (TPSA) is 104 Å². The molecule has 2 heterocycles. The maximum Gasteiger partial charge on any atom is 0.417 e. The van der Waals surface area contributed by atoms with E-state index in [1.54, 1.807) is 12.1 Å². The fourth-order valence-electron chi connectivity index (χ4n) is 2.81. The molecule has 2 aromatic rings. The number of rotatable bonds is 4. The molecule has 1 fully saturated rings. The molecule has 0 spiro atoms. The Balaban J connectivity index is 1.72. The molecule has 1 atom stereocenters. The molecular weight excluding hydrogens is 288 g/mol. The van der Waals surface area contributed by atoms with E-state index in [-0.39, 0.29) is 12.3 Å². The molecule has 7 nitrogen and oxygen atoms in total. The second-order valence-corrected chi connectivity index (χ2v) is 5.56. The first-order valence-electron chi connectivity index (χ1n) is 7.14. The molecule has 3 rings (SSSR count). The molecule has 1 aromatic carbocycles. The third-order valence-electron chi connectivity index (χ3n) is 3.96. The minimum absolute atomic E-state index is 0.114. The van der Waals surface area contributed by atoms with E-state index in [1.807, 2.05) is 4.90 Å². The van der Waals surface area contributed by atoms with Crippen LogP contribution in [0, 0.1) is 5.92 Å². The largest absolute Gasteiger partial charge is 0.481 e. The highest BCUT2D eigenvalue weighted by Crippen LogP contribution is 2.18. The van der Waals surface area contributed by atoms with Gasteiger partial charge in [0.1, 0.15) is 0 Å². The van der Waals surface area contributed by atoms with E-state index in [0.29, 0.717) is 29.6 Å². The number of carbonyl (C=O) groups excluding carboxylic acids is 1. The summed E-state index contributed by atoms with van der Waals surface area (Å²) in [6, 6.07) is 4.80. The minimum Gasteiger partial charge on any atom is -0.481 e. The summed E-state index contributed by atoms with van der Waals surface area (Å²) in [5.41, 5.74) is 1.34. The predicted octanol–water partition coefficient (Wildman–Crippen LogP) is 1.10. The van der Waals surface area contributed by atoms with Crippen molar-refractivity contribution in [3.8, 4) is 0 Å². The molecule has 0 bridgehead atoms. The van der Waals surface area contributed by atoms with Gasteiger partial charge in [-0.15, -0.1) is 0 Å². The summed E-state index contributed by atoms with van der Waals surface area (Å²) in [5.74, 6) is -1.89. The van der Waals surface area contributed by atoms with Gasteiger partial charge in [0.2, 0.25) is 0 Å². The molecule has 116 valence electrons. The summed E-state index contributed by atoms with van der Waals surface area (Å²) in [7, 11) is 0. The zero-order valence-electron chi connectivity index (χ0n) is 11.9. The third kappa shape index (κ3) is 2.94. The molecule has 1 saturated heterocycles. The van der Waals surface area contributed by atoms with E-state index in [2.05, 4.69) is 4.98 Å². The van der Waals surface area contributed by atoms with Crippen LogP contribution in [-0.4, -0.2) is 46.4 Å². The monoisotopic (exact) mass is 304 g/mol. The summed E-state index contributed by atoms with van der Waals surface area (Å²) in [6.07, 6.45) is 1.43. The van der Waals surface area contributed by atoms with Crippen LogP contribution in [-0.2, 0) is 4.79 Å². The van der Waals surface area contributed by atoms with Crippen molar-refractivity contribution in [1.29, 1.82) is 0 Å². The van der Waals surface area contributed by atoms with Crippen LogP contribution in [0.1, 0.15) is 23.2 Å². The Hall–Kier alpha value is -2.41. The number of benzene rings is 1. The van der Waals surface area contributed by atoms with Crippen molar-refractivity contribution in [3.63, 3.8) is 0 Å². The Morgan fingerprint density at radius 1 is 1.41 bits per heavy atom. The van der Waals surface area contributed by atoms with Crippen LogP contribution in [0.4, 0.5) is 0 Å². The van der Waals surface area contributed by atoms with E-state index in [9.17, 15) is 14.4 Å². The van der Waals surface area contributed by atoms with Crippen molar-refractivity contribution < 1.29 is 19.1 Å². The van der Waals surface area contributed by atoms with Gasteiger partial charge in [-0.25, -0.2) is 4.79 Å². The van der Waals surface area contributed by atoms with Gasteiger partial charge < -0.3 is 9.52 Å². The number of carboxylic acids is 1. The van der Waals surface area contributed by atoms with E-state index >= 15 is 0 Å². The predicted molar refractivity (Wildman–Crippen MR) is 78.0 cm³/mol. The first-order chi connectivity index (χ1) is 10.5. The molecule has 0 saturated carbocycles. The lowest BCUT2D eigenvalue weighted by atomic mass is 9.97. The maximum absolute atomic E-state index is 12.3. The second kappa shape index (κ2) is 5.76. The highest BCUT2D eigenvalue weighted by Gasteiger charge is 2.26. The van der Waals surface area contributed by atoms with Crippen molar-refractivity contribution in [3.05, 3.63) is 34.3 Å². The standard InChI is InChI=1S/C15H16N2O5/c18-12(8-17-5-1-2-10(7-17)14(19)20)9-3-4-11-13(6-9)22-15(21)16-11/h3-4,6,10H,1-2,5,7-8H2,(H,16,21)(H,19,20). The number of carboxylic acid groups (broad SMARTS) is 1. The smallest absolute Gasteiger partial charge is 0.417 e. The van der Waals surface area contributed by atoms with Gasteiger partial charge in [-0.2, -0.15) is 0 Å². The molecular formula is C15H16N2O5. The molecule has 1 aromatic heterocycles. The summed E-state index contributed by atoms with van der Waals surface area (Å²) < 4.78 is 4.94. The average Bonchev–Trinajstić information content (AvgIpc) is 2.86. The van der Waals surface area contributed by atoms with Crippen LogP contribution < -0.4 is 5.76 Å². The highest BCUT2D eigenvalue weighted by atomic mass is 16.4. The number of nitrogens with one attached hydrogen (secondary N) is 1. The third-order valence-corrected chi connectivity index (χ3v) is 3.96. The van der Waals surface area contributed by atoms with Crippen LogP contribution in [0.15, 0.2) is 27.4 Å². The first kappa shape index (κ1) is 14.5. The number of hydrogen-bond donors (Lipinski definition) is 2. The van der Waals surface area contributed by atoms with Crippen LogP contribution in [0.5, 0.6) is 0 Å². The number of piperidine rings is 1. The molecule has 0 amide bonds. The van der Waals surface area contributed by atoms with Crippen molar-refractivity contribution in [1.82, 2.24) is 9.88 Å². The fraction of sp³-hybridized carbons (Fsp3) is 0.400. The van der Waals surface area contributed by atoms with Gasteiger partial charge in [-0.3, -0.25) is 19.5 Å². The molecule has 0 aliphatic carbocycles. The van der Waals surface area contributed by atoms with Gasteiger partial charge in [0, 0.05) is 12.1 Å². The quantitative estimate of drug-likeness (QED) is 0.820. The van der Waals surface area contributed by atoms with Gasteiger partial charge in [-0.05, 0) is 37.6 Å². The molecule has 1 aliphatic rings. The van der Waals surface area contributed by atoms with Gasteiger partial charge in [0.05, 0.1) is 18.0 Å². The lowest BCUT2D eigenvalue weighted by Crippen LogP contribution is -2.41. The average molecular weight is 304 g/mol. The SMILES string of the molecule is O=C(CN1CCCC(C(=O)O)C1)c1ccc2[nH]c(=O)oc2c1. The molecule has 1 aliphatic heterocycles. The van der Waals surface area contributed by atoms with Crippen molar-refractivity contribution in [2.24, 2.45) is 5.92 Å². The number of H-pyrrole nitrogens is 1. The van der Waals surface area contributed by atoms with Crippen molar-refractivity contribution in [2.45, 2.75) is 12.8 Å². The molecule has 2 N–H and O–H groups in total. The van der Waals surface area contributed by atoms with Crippen LogP contribution in [0.3, 0.4) is 0 Å². The minimum atomic E-state index is -0.812. The fourth-order valence-corrected chi connectivity index (χ4v) is 2.81. The Labute approximate surface area is 125 Å². The number of likely N-dealkylation sites (tertiary alicyclic amines) is 1. The Morgan fingerprint density at radius 3 is 3.00 bits per heavy atom. The molecule has 1 unspecified atom stereocenters. The maximum atomic E-state index is 12.3. The number of aromatic nitrogens is 1. The number of nitrogens with zero attached hydrogens (tertiary/aromatic N) is 1. The summed E-state index contributed by atoms with van der Waals surface area (Å²) in [5, 5.41) is 9.07. The van der Waals surface area contributed by atoms with Crippen LogP contribution >= 0.6 is 0 Å². The van der Waals surface area contributed by atoms with Gasteiger partial charge in [-0.1, -0.05) is 0 Å². The number of ketones is 1. The molecule has 7 heteroatoms. The highest BCUT2D eigenvalue weighted by molar-refractivity contribution is 5.99. The number of oxazole rings is 1. The zero-order chi connectivity index (χ0) is 15.7. The number of carbonyl (C=O) groups is 2. The summed E-state index contributed by atoms with van der Waals surface area (Å²) in [4.78, 5) is 38.9. The molecule has 22 heavy (non-hydrogen) atoms. The Morgan fingerprint density at radius 2 is 2.23 bits per heavy atom. The van der Waals surface area contributed by atoms with E-state index < -0.39 is 17.6 Å². The zero-order valence-corrected chi connectivity index (χ0v) is 11.9. The van der Waals surface area contributed by atoms with E-state index in [0.717, 1.165) is 13.0 Å². The Bertz CT molecular complexity index is 776. The van der Waals surface area contributed by atoms with Gasteiger partial charge in [0.15, 0.2) is 11.4 Å². The normalized spacial score (nSPS) is 19.4. The van der Waals surface area contributed by atoms with Crippen molar-refractivity contribution >= 4 is 22.9 Å². The number of aromatic amines is 1. The van der Waals surface area contributed by atoms with Crippen LogP contribution in [0.2, 0.25) is 0 Å². The van der Waals surface area contributed by atoms with Crippen molar-refractivity contribution in [2.75, 3.05) is 19.6 Å². The lowest BCUT2D eigenvalue weighted by molar-refractivity contribution is -0.143. The first-order valence-corrected chi connectivity index (χ1v) is 7.14. The van der Waals surface area contributed by atoms with E-state index in [4.69, 9.17) is 9.52 Å². The second-order valence-electron chi connectivity index (χ2n) is 5.56. The number of aliphatic carboxylic acids is 1. The number of fused-ring (bicyclic) bond motifs is 1. The molecule has 0 radical (unpaired) electrons. The lowest BCUT2D eigenvalue weighted by Gasteiger charge is -2.29. The number of hydrogen-bond acceptors (Lipinski definition) is 5. The number of Topliss-reactive ketones (excluding diaryl/α,β-unsaturated/α-hetero) is 1. The summed E-state index contributed by atoms with van der Waals surface area (Å²) in [6.45, 7) is 1.28. The van der Waals surface area contributed by atoms with Gasteiger partial charge in [0.25, 0.3) is 0 Å². The van der Waals surface area contributed by atoms with Crippen LogP contribution in [0.25, 0.3) is 11.1 Å². The van der Waals surface area contributed by atoms with Gasteiger partial charge >= 0.3 is 11.7 Å². The summed E-state index contributed by atoms with van der Waals surface area (Å²) >= 11 is 0. The Kier molecular flexibility index (Phi) is 3.81.